The summed E-state index contributed by atoms with van der Waals surface area (Å²) < 4.78 is 6.21. The Morgan fingerprint density at radius 1 is 1.38 bits per heavy atom. The van der Waals surface area contributed by atoms with E-state index in [1.54, 1.807) is 7.11 Å². The number of carbonyl (C=O) groups is 1. The van der Waals surface area contributed by atoms with E-state index in [0.29, 0.717) is 18.9 Å². The minimum atomic E-state index is -0.586. The number of ether oxygens (including phenoxy) is 1. The van der Waals surface area contributed by atoms with Crippen molar-refractivity contribution < 1.29 is 9.53 Å². The molecule has 0 spiro atoms. The van der Waals surface area contributed by atoms with E-state index < -0.39 is 6.04 Å². The van der Waals surface area contributed by atoms with Gasteiger partial charge >= 0.3 is 0 Å². The minimum Gasteiger partial charge on any atom is -0.497 e. The summed E-state index contributed by atoms with van der Waals surface area (Å²) in [5.74, 6) is 1.19. The van der Waals surface area contributed by atoms with Gasteiger partial charge in [-0.05, 0) is 60.6 Å². The summed E-state index contributed by atoms with van der Waals surface area (Å²) in [7, 11) is 1.64. The molecule has 1 heterocycles. The van der Waals surface area contributed by atoms with Crippen LogP contribution in [-0.2, 0) is 17.6 Å². The zero-order valence-corrected chi connectivity index (χ0v) is 17.0. The van der Waals surface area contributed by atoms with Crippen molar-refractivity contribution in [3.8, 4) is 5.75 Å². The van der Waals surface area contributed by atoms with Gasteiger partial charge in [0.25, 0.3) is 0 Å². The number of para-hydroxylation sites is 1. The first kappa shape index (κ1) is 18.9. The maximum Gasteiger partial charge on any atom is 0.244 e. The van der Waals surface area contributed by atoms with Gasteiger partial charge < -0.3 is 15.4 Å². The van der Waals surface area contributed by atoms with E-state index in [4.69, 9.17) is 10.5 Å². The zero-order chi connectivity index (χ0) is 18.8. The number of methoxy groups -OCH3 is 1. The molecule has 0 bridgehead atoms. The summed E-state index contributed by atoms with van der Waals surface area (Å²) in [4.78, 5) is 15.0. The van der Waals surface area contributed by atoms with Crippen LogP contribution in [0.2, 0.25) is 0 Å². The monoisotopic (exact) mass is 416 g/mol. The van der Waals surface area contributed by atoms with Gasteiger partial charge in [-0.25, -0.2) is 0 Å². The molecule has 4 nitrogen and oxygen atoms in total. The van der Waals surface area contributed by atoms with Crippen LogP contribution >= 0.6 is 15.9 Å². The highest BCUT2D eigenvalue weighted by molar-refractivity contribution is 9.10. The van der Waals surface area contributed by atoms with Crippen LogP contribution in [0.1, 0.15) is 23.6 Å². The van der Waals surface area contributed by atoms with E-state index in [0.717, 1.165) is 33.5 Å². The summed E-state index contributed by atoms with van der Waals surface area (Å²) >= 11 is 3.59. The molecule has 1 aliphatic rings. The molecule has 2 aromatic carbocycles. The number of benzene rings is 2. The Kier molecular flexibility index (Phi) is 5.68. The molecule has 2 N–H and O–H groups in total. The predicted octanol–water partition coefficient (Wildman–Crippen LogP) is 3.86. The Morgan fingerprint density at radius 2 is 2.12 bits per heavy atom. The van der Waals surface area contributed by atoms with E-state index in [9.17, 15) is 4.79 Å². The minimum absolute atomic E-state index is 0.0221. The van der Waals surface area contributed by atoms with Gasteiger partial charge in [0.15, 0.2) is 0 Å². The van der Waals surface area contributed by atoms with Gasteiger partial charge in [0.2, 0.25) is 5.91 Å². The number of carbonyl (C=O) groups excluding carboxylic acids is 1. The molecular weight excluding hydrogens is 392 g/mol. The number of nitrogens with two attached hydrogens (primary N) is 1. The molecule has 0 saturated carbocycles. The lowest BCUT2D eigenvalue weighted by atomic mass is 9.92. The summed E-state index contributed by atoms with van der Waals surface area (Å²) in [6.07, 6.45) is 1.49. The number of amides is 1. The Balaban J connectivity index is 1.83. The van der Waals surface area contributed by atoms with Crippen LogP contribution in [0.25, 0.3) is 0 Å². The average molecular weight is 417 g/mol. The lowest BCUT2D eigenvalue weighted by Crippen LogP contribution is -2.48. The lowest BCUT2D eigenvalue weighted by Gasteiger charge is -2.34. The van der Waals surface area contributed by atoms with E-state index in [2.05, 4.69) is 28.9 Å². The molecule has 26 heavy (non-hydrogen) atoms. The fourth-order valence-corrected chi connectivity index (χ4v) is 4.33. The third-order valence-corrected chi connectivity index (χ3v) is 5.69. The van der Waals surface area contributed by atoms with Crippen molar-refractivity contribution in [3.05, 3.63) is 57.6 Å². The number of rotatable bonds is 4. The Morgan fingerprint density at radius 3 is 2.81 bits per heavy atom. The van der Waals surface area contributed by atoms with Crippen molar-refractivity contribution >= 4 is 27.5 Å². The second-order valence-corrected chi connectivity index (χ2v) is 7.96. The highest BCUT2D eigenvalue weighted by Crippen LogP contribution is 2.31. The van der Waals surface area contributed by atoms with Crippen molar-refractivity contribution in [2.75, 3.05) is 18.6 Å². The van der Waals surface area contributed by atoms with Crippen LogP contribution in [0.5, 0.6) is 5.75 Å². The number of aryl methyl sites for hydroxylation is 1. The summed E-state index contributed by atoms with van der Waals surface area (Å²) in [6.45, 7) is 4.90. The first-order valence-corrected chi connectivity index (χ1v) is 9.68. The van der Waals surface area contributed by atoms with E-state index in [1.165, 1.54) is 5.56 Å². The zero-order valence-electron chi connectivity index (χ0n) is 15.5. The van der Waals surface area contributed by atoms with Crippen LogP contribution in [0.4, 0.5) is 5.69 Å². The number of hydrogen-bond donors (Lipinski definition) is 1. The number of fused-ring (bicyclic) bond motifs is 1. The van der Waals surface area contributed by atoms with Gasteiger partial charge in [-0.1, -0.05) is 41.1 Å². The maximum absolute atomic E-state index is 13.1. The molecule has 3 rings (SSSR count). The van der Waals surface area contributed by atoms with E-state index >= 15 is 0 Å². The Labute approximate surface area is 163 Å². The van der Waals surface area contributed by atoms with Crippen molar-refractivity contribution in [3.63, 3.8) is 0 Å². The summed E-state index contributed by atoms with van der Waals surface area (Å²) in [5, 5.41) is 0. The molecule has 1 amide bonds. The molecule has 1 aliphatic heterocycles. The molecule has 2 aromatic rings. The van der Waals surface area contributed by atoms with Crippen molar-refractivity contribution in [1.82, 2.24) is 0 Å². The molecular formula is C21H25BrN2O2. The topological polar surface area (TPSA) is 55.6 Å². The highest BCUT2D eigenvalue weighted by Gasteiger charge is 2.29. The van der Waals surface area contributed by atoms with Gasteiger partial charge in [-0.2, -0.15) is 0 Å². The molecule has 0 aromatic heterocycles. The van der Waals surface area contributed by atoms with Crippen LogP contribution in [0.3, 0.4) is 0 Å². The van der Waals surface area contributed by atoms with Crippen molar-refractivity contribution in [1.29, 1.82) is 0 Å². The second-order valence-electron chi connectivity index (χ2n) is 7.10. The molecule has 1 unspecified atom stereocenters. The van der Waals surface area contributed by atoms with Gasteiger partial charge in [0.05, 0.1) is 13.2 Å². The molecule has 0 radical (unpaired) electrons. The average Bonchev–Trinajstić information content (AvgIpc) is 2.62. The molecule has 138 valence electrons. The first-order valence-electron chi connectivity index (χ1n) is 8.88. The smallest absolute Gasteiger partial charge is 0.244 e. The van der Waals surface area contributed by atoms with Gasteiger partial charge in [-0.15, -0.1) is 0 Å². The standard InChI is InChI=1S/C21H25BrN2O2/c1-13-8-15-6-4-5-7-20(15)24(12-13)21(25)19(23)11-17-14(2)9-16(26-3)10-18(17)22/h4-7,9-10,13,19H,8,11-12,23H2,1-3H3/t13?,19-/m0/s1. The van der Waals surface area contributed by atoms with Gasteiger partial charge in [0, 0.05) is 16.7 Å². The van der Waals surface area contributed by atoms with Crippen LogP contribution in [-0.4, -0.2) is 25.6 Å². The van der Waals surface area contributed by atoms with Crippen LogP contribution in [0.15, 0.2) is 40.9 Å². The third kappa shape index (κ3) is 3.79. The van der Waals surface area contributed by atoms with Crippen molar-refractivity contribution in [2.45, 2.75) is 32.7 Å². The van der Waals surface area contributed by atoms with Crippen LogP contribution in [0, 0.1) is 12.8 Å². The molecule has 2 atom stereocenters. The summed E-state index contributed by atoms with van der Waals surface area (Å²) in [5.41, 5.74) is 10.7. The molecule has 5 heteroatoms. The molecule has 0 saturated heterocycles. The van der Waals surface area contributed by atoms with Crippen molar-refractivity contribution in [2.24, 2.45) is 11.7 Å². The predicted molar refractivity (Wildman–Crippen MR) is 109 cm³/mol. The second kappa shape index (κ2) is 7.80. The van der Waals surface area contributed by atoms with Crippen LogP contribution < -0.4 is 15.4 Å². The Bertz CT molecular complexity index is 798. The fraction of sp³-hybridized carbons (Fsp3) is 0.381. The number of anilines is 1. The van der Waals surface area contributed by atoms with Gasteiger partial charge in [0.1, 0.15) is 5.75 Å². The highest BCUT2D eigenvalue weighted by atomic mass is 79.9. The number of halogens is 1. The third-order valence-electron chi connectivity index (χ3n) is 4.98. The maximum atomic E-state index is 13.1. The van der Waals surface area contributed by atoms with E-state index in [1.807, 2.05) is 42.2 Å². The fourth-order valence-electron chi connectivity index (χ4n) is 3.63. The first-order chi connectivity index (χ1) is 12.4. The van der Waals surface area contributed by atoms with E-state index in [-0.39, 0.29) is 5.91 Å². The number of hydrogen-bond acceptors (Lipinski definition) is 3. The Hall–Kier alpha value is -1.85. The van der Waals surface area contributed by atoms with Gasteiger partial charge in [-0.3, -0.25) is 4.79 Å². The quantitative estimate of drug-likeness (QED) is 0.822. The summed E-state index contributed by atoms with van der Waals surface area (Å²) in [6, 6.07) is 11.4. The molecule has 0 fully saturated rings. The largest absolute Gasteiger partial charge is 0.497 e. The SMILES string of the molecule is COc1cc(C)c(C[C@H](N)C(=O)N2CC(C)Cc3ccccc32)c(Br)c1. The lowest BCUT2D eigenvalue weighted by molar-refractivity contribution is -0.120. The number of nitrogens with zero attached hydrogens (tertiary/aromatic N) is 1. The normalized spacial score (nSPS) is 17.6. The molecule has 0 aliphatic carbocycles.